The molecule has 2 atom stereocenters. The third-order valence-corrected chi connectivity index (χ3v) is 3.37. The molecule has 0 aliphatic carbocycles. The van der Waals surface area contributed by atoms with Gasteiger partial charge in [0.2, 0.25) is 5.91 Å². The Morgan fingerprint density at radius 1 is 1.53 bits per heavy atom. The molecule has 0 spiro atoms. The Hall–Kier alpha value is -1.14. The molecule has 98 valence electrons. The first kappa shape index (κ1) is 13.9. The first-order valence-corrected chi connectivity index (χ1v) is 5.92. The van der Waals surface area contributed by atoms with Gasteiger partial charge < -0.3 is 20.8 Å². The number of carbonyl (C=O) groups is 2. The minimum absolute atomic E-state index is 0.174. The van der Waals surface area contributed by atoms with E-state index in [1.54, 1.807) is 0 Å². The Morgan fingerprint density at radius 3 is 2.71 bits per heavy atom. The van der Waals surface area contributed by atoms with Crippen LogP contribution in [-0.4, -0.2) is 47.8 Å². The Labute approximate surface area is 100 Å². The van der Waals surface area contributed by atoms with Crippen molar-refractivity contribution in [1.29, 1.82) is 0 Å². The molecule has 0 radical (unpaired) electrons. The Kier molecular flexibility index (Phi) is 4.89. The van der Waals surface area contributed by atoms with Gasteiger partial charge in [-0.25, -0.2) is 4.79 Å². The number of hydrogen-bond donors (Lipinski definition) is 4. The molecule has 0 aromatic heterocycles. The molecule has 6 nitrogen and oxygen atoms in total. The van der Waals surface area contributed by atoms with Crippen LogP contribution in [0.2, 0.25) is 0 Å². The number of carbonyl (C=O) groups excluding carboxylic acids is 1. The van der Waals surface area contributed by atoms with Gasteiger partial charge in [0.1, 0.15) is 0 Å². The first-order chi connectivity index (χ1) is 8.02. The standard InChI is InChI=1S/C11H20N2O4/c1-2-11(4-3-5-12-7-11)10(17)13-6-8(14)9(15)16/h8,12,14H,2-7H2,1H3,(H,13,17)(H,15,16). The van der Waals surface area contributed by atoms with E-state index in [4.69, 9.17) is 10.2 Å². The van der Waals surface area contributed by atoms with Gasteiger partial charge in [0.25, 0.3) is 0 Å². The van der Waals surface area contributed by atoms with E-state index < -0.39 is 17.5 Å². The number of carboxylic acid groups (broad SMARTS) is 1. The van der Waals surface area contributed by atoms with Gasteiger partial charge in [0.05, 0.1) is 12.0 Å². The maximum atomic E-state index is 12.0. The number of aliphatic hydroxyl groups excluding tert-OH is 1. The normalized spacial score (nSPS) is 26.2. The van der Waals surface area contributed by atoms with E-state index in [2.05, 4.69) is 10.6 Å². The van der Waals surface area contributed by atoms with Crippen molar-refractivity contribution in [3.63, 3.8) is 0 Å². The number of aliphatic carboxylic acids is 1. The molecule has 0 saturated carbocycles. The molecule has 0 aromatic rings. The maximum absolute atomic E-state index is 12.0. The molecule has 1 fully saturated rings. The van der Waals surface area contributed by atoms with E-state index in [0.29, 0.717) is 13.0 Å². The van der Waals surface area contributed by atoms with Gasteiger partial charge in [0, 0.05) is 6.54 Å². The van der Waals surface area contributed by atoms with Gasteiger partial charge in [-0.05, 0) is 25.8 Å². The van der Waals surface area contributed by atoms with Crippen LogP contribution in [0.5, 0.6) is 0 Å². The molecule has 0 aromatic carbocycles. The first-order valence-electron chi connectivity index (χ1n) is 5.92. The van der Waals surface area contributed by atoms with Crippen LogP contribution in [0.4, 0.5) is 0 Å². The molecular weight excluding hydrogens is 224 g/mol. The highest BCUT2D eigenvalue weighted by Crippen LogP contribution is 2.30. The number of carboxylic acids is 1. The van der Waals surface area contributed by atoms with Crippen molar-refractivity contribution in [3.8, 4) is 0 Å². The summed E-state index contributed by atoms with van der Waals surface area (Å²) >= 11 is 0. The van der Waals surface area contributed by atoms with E-state index >= 15 is 0 Å². The highest BCUT2D eigenvalue weighted by atomic mass is 16.4. The second-order valence-electron chi connectivity index (χ2n) is 4.48. The van der Waals surface area contributed by atoms with Crippen molar-refractivity contribution in [2.45, 2.75) is 32.3 Å². The second kappa shape index (κ2) is 5.97. The van der Waals surface area contributed by atoms with Gasteiger partial charge in [-0.2, -0.15) is 0 Å². The summed E-state index contributed by atoms with van der Waals surface area (Å²) in [5.41, 5.74) is -0.462. The third-order valence-electron chi connectivity index (χ3n) is 3.37. The van der Waals surface area contributed by atoms with Crippen LogP contribution < -0.4 is 10.6 Å². The van der Waals surface area contributed by atoms with Crippen LogP contribution in [0, 0.1) is 5.41 Å². The molecule has 1 aliphatic rings. The van der Waals surface area contributed by atoms with Crippen molar-refractivity contribution in [3.05, 3.63) is 0 Å². The fourth-order valence-electron chi connectivity index (χ4n) is 2.09. The molecule has 4 N–H and O–H groups in total. The molecule has 1 rings (SSSR count). The quantitative estimate of drug-likeness (QED) is 0.514. The van der Waals surface area contributed by atoms with Gasteiger partial charge in [-0.1, -0.05) is 6.92 Å². The average molecular weight is 244 g/mol. The molecule has 0 bridgehead atoms. The number of amides is 1. The van der Waals surface area contributed by atoms with Crippen LogP contribution in [0.1, 0.15) is 26.2 Å². The molecule has 1 saturated heterocycles. The zero-order valence-corrected chi connectivity index (χ0v) is 10.0. The van der Waals surface area contributed by atoms with Crippen molar-refractivity contribution < 1.29 is 19.8 Å². The molecule has 1 heterocycles. The van der Waals surface area contributed by atoms with Gasteiger partial charge in [-0.3, -0.25) is 4.79 Å². The van der Waals surface area contributed by atoms with Crippen LogP contribution in [-0.2, 0) is 9.59 Å². The summed E-state index contributed by atoms with van der Waals surface area (Å²) < 4.78 is 0. The molecule has 6 heteroatoms. The fraction of sp³-hybridized carbons (Fsp3) is 0.818. The van der Waals surface area contributed by atoms with Gasteiger partial charge in [-0.15, -0.1) is 0 Å². The van der Waals surface area contributed by atoms with E-state index in [1.165, 1.54) is 0 Å². The molecule has 1 amide bonds. The Bertz CT molecular complexity index is 287. The summed E-state index contributed by atoms with van der Waals surface area (Å²) in [4.78, 5) is 22.4. The summed E-state index contributed by atoms with van der Waals surface area (Å²) in [5, 5.41) is 23.3. The van der Waals surface area contributed by atoms with Crippen molar-refractivity contribution in [1.82, 2.24) is 10.6 Å². The van der Waals surface area contributed by atoms with Crippen molar-refractivity contribution in [2.24, 2.45) is 5.41 Å². The number of aliphatic hydroxyl groups is 1. The highest BCUT2D eigenvalue weighted by molar-refractivity contribution is 5.83. The number of nitrogens with one attached hydrogen (secondary N) is 2. The zero-order chi connectivity index (χ0) is 12.9. The average Bonchev–Trinajstić information content (AvgIpc) is 2.36. The lowest BCUT2D eigenvalue weighted by atomic mass is 9.77. The minimum atomic E-state index is -1.54. The Morgan fingerprint density at radius 2 is 2.24 bits per heavy atom. The Balaban J connectivity index is 2.52. The van der Waals surface area contributed by atoms with Gasteiger partial charge in [0.15, 0.2) is 6.10 Å². The van der Waals surface area contributed by atoms with Crippen molar-refractivity contribution in [2.75, 3.05) is 19.6 Å². The van der Waals surface area contributed by atoms with E-state index in [0.717, 1.165) is 19.4 Å². The van der Waals surface area contributed by atoms with Crippen LogP contribution in [0.25, 0.3) is 0 Å². The summed E-state index contributed by atoms with van der Waals surface area (Å²) in [7, 11) is 0. The van der Waals surface area contributed by atoms with E-state index in [-0.39, 0.29) is 12.5 Å². The summed E-state index contributed by atoms with van der Waals surface area (Å²) in [5.74, 6) is -1.50. The largest absolute Gasteiger partial charge is 0.479 e. The summed E-state index contributed by atoms with van der Waals surface area (Å²) in [6, 6.07) is 0. The van der Waals surface area contributed by atoms with Crippen molar-refractivity contribution >= 4 is 11.9 Å². The molecular formula is C11H20N2O4. The molecule has 17 heavy (non-hydrogen) atoms. The lowest BCUT2D eigenvalue weighted by Gasteiger charge is -2.35. The second-order valence-corrected chi connectivity index (χ2v) is 4.48. The van der Waals surface area contributed by atoms with E-state index in [1.807, 2.05) is 6.92 Å². The van der Waals surface area contributed by atoms with Crippen LogP contribution in [0.3, 0.4) is 0 Å². The fourth-order valence-corrected chi connectivity index (χ4v) is 2.09. The third kappa shape index (κ3) is 3.41. The van der Waals surface area contributed by atoms with E-state index in [9.17, 15) is 9.59 Å². The lowest BCUT2D eigenvalue weighted by molar-refractivity contribution is -0.146. The van der Waals surface area contributed by atoms with Crippen LogP contribution >= 0.6 is 0 Å². The van der Waals surface area contributed by atoms with Gasteiger partial charge >= 0.3 is 5.97 Å². The van der Waals surface area contributed by atoms with Crippen LogP contribution in [0.15, 0.2) is 0 Å². The number of rotatable bonds is 5. The maximum Gasteiger partial charge on any atom is 0.334 e. The number of hydrogen-bond acceptors (Lipinski definition) is 4. The lowest BCUT2D eigenvalue weighted by Crippen LogP contribution is -2.51. The zero-order valence-electron chi connectivity index (χ0n) is 10.0. The SMILES string of the molecule is CCC1(C(=O)NCC(O)C(=O)O)CCCNC1. The summed E-state index contributed by atoms with van der Waals surface area (Å²) in [6.45, 7) is 3.22. The smallest absolute Gasteiger partial charge is 0.334 e. The molecule has 2 unspecified atom stereocenters. The molecule has 1 aliphatic heterocycles. The monoisotopic (exact) mass is 244 g/mol. The number of piperidine rings is 1. The predicted molar refractivity (Wildman–Crippen MR) is 61.5 cm³/mol. The summed E-state index contributed by atoms with van der Waals surface area (Å²) in [6.07, 6.45) is 0.896. The predicted octanol–water partition coefficient (Wildman–Crippen LogP) is -0.672. The minimum Gasteiger partial charge on any atom is -0.479 e. The topological polar surface area (TPSA) is 98.7 Å². The highest BCUT2D eigenvalue weighted by Gasteiger charge is 2.37.